The Kier molecular flexibility index (Phi) is 9.54. The first kappa shape index (κ1) is 21.2. The molecule has 0 fully saturated rings. The maximum atomic E-state index is 10.7. The Bertz CT molecular complexity index is 751. The number of rotatable bonds is 2. The van der Waals surface area contributed by atoms with Crippen LogP contribution in [0.5, 0.6) is 11.5 Å². The fourth-order valence-electron chi connectivity index (χ4n) is 1.68. The number of carbonyl (C=O) groups excluding carboxylic acids is 2. The van der Waals surface area contributed by atoms with Crippen LogP contribution in [0, 0.1) is 0 Å². The first-order chi connectivity index (χ1) is 12.4. The first-order valence-corrected chi connectivity index (χ1v) is 8.14. The Morgan fingerprint density at radius 2 is 0.808 bits per heavy atom. The number of phenols is 2. The molecule has 0 radical (unpaired) electrons. The van der Waals surface area contributed by atoms with Crippen LogP contribution in [0.25, 0.3) is 0 Å². The molecule has 3 aromatic rings. The van der Waals surface area contributed by atoms with Crippen molar-refractivity contribution in [3.05, 3.63) is 96.1 Å². The Hall–Kier alpha value is -2.82. The van der Waals surface area contributed by atoms with Gasteiger partial charge in [-0.2, -0.15) is 0 Å². The third-order valence-electron chi connectivity index (χ3n) is 2.86. The minimum Gasteiger partial charge on any atom is -0.508 e. The van der Waals surface area contributed by atoms with Crippen LogP contribution < -0.4 is 0 Å². The maximum Gasteiger partial charge on any atom is 0.253 e. The topological polar surface area (TPSA) is 74.6 Å². The molecule has 3 aromatic carbocycles. The summed E-state index contributed by atoms with van der Waals surface area (Å²) in [6.45, 7) is 0. The molecule has 6 heteroatoms. The molecule has 0 bridgehead atoms. The van der Waals surface area contributed by atoms with Crippen molar-refractivity contribution < 1.29 is 19.8 Å². The molecule has 0 aliphatic rings. The first-order valence-electron chi connectivity index (χ1n) is 7.38. The summed E-state index contributed by atoms with van der Waals surface area (Å²) in [6, 6.07) is 23.5. The van der Waals surface area contributed by atoms with Crippen molar-refractivity contribution in [1.29, 1.82) is 0 Å². The minimum absolute atomic E-state index is 0.138. The van der Waals surface area contributed by atoms with Crippen molar-refractivity contribution in [3.63, 3.8) is 0 Å². The van der Waals surface area contributed by atoms with Gasteiger partial charge >= 0.3 is 0 Å². The predicted octanol–water partition coefficient (Wildman–Crippen LogP) is 5.23. The van der Waals surface area contributed by atoms with Crippen LogP contribution in [0.3, 0.4) is 0 Å². The van der Waals surface area contributed by atoms with Crippen LogP contribution in [0.2, 0.25) is 0 Å². The number of halogens is 2. The van der Waals surface area contributed by atoms with Gasteiger partial charge in [0.15, 0.2) is 0 Å². The van der Waals surface area contributed by atoms with E-state index in [9.17, 15) is 9.59 Å². The fraction of sp³-hybridized carbons (Fsp3) is 0. The van der Waals surface area contributed by atoms with E-state index in [1.807, 2.05) is 12.1 Å². The molecule has 134 valence electrons. The average Bonchev–Trinajstić information content (AvgIpc) is 2.64. The van der Waals surface area contributed by atoms with E-state index in [1.165, 1.54) is 12.1 Å². The lowest BCUT2D eigenvalue weighted by molar-refractivity contribution is 0.105. The summed E-state index contributed by atoms with van der Waals surface area (Å²) < 4.78 is 0. The quantitative estimate of drug-likeness (QED) is 0.587. The van der Waals surface area contributed by atoms with Gasteiger partial charge in [-0.15, -0.1) is 0 Å². The third kappa shape index (κ3) is 8.33. The van der Waals surface area contributed by atoms with Crippen molar-refractivity contribution in [2.75, 3.05) is 0 Å². The van der Waals surface area contributed by atoms with Crippen LogP contribution in [0.1, 0.15) is 20.7 Å². The molecule has 0 aliphatic heterocycles. The molecule has 0 heterocycles. The van der Waals surface area contributed by atoms with Crippen molar-refractivity contribution >= 4 is 33.7 Å². The molecule has 0 atom stereocenters. The molecule has 3 rings (SSSR count). The second-order valence-electron chi connectivity index (χ2n) is 4.76. The van der Waals surface area contributed by atoms with Gasteiger partial charge in [0.05, 0.1) is 0 Å². The number of benzene rings is 3. The number of phenolic OH excluding ortho intramolecular Hbond substituents is 2. The molecular formula is C20H16Cl2O4. The summed E-state index contributed by atoms with van der Waals surface area (Å²) in [5, 5.41) is 15.9. The van der Waals surface area contributed by atoms with E-state index in [-0.39, 0.29) is 11.1 Å². The Balaban J connectivity index is 0.000000207. The largest absolute Gasteiger partial charge is 0.508 e. The zero-order chi connectivity index (χ0) is 19.4. The third-order valence-corrected chi connectivity index (χ3v) is 3.27. The molecule has 0 saturated heterocycles. The SMILES string of the molecule is O=C(Cl)c1ccccc1C(=O)Cl.Oc1ccccc1.Oc1ccccc1. The number of aromatic hydroxyl groups is 2. The lowest BCUT2D eigenvalue weighted by Gasteiger charge is -1.98. The summed E-state index contributed by atoms with van der Waals surface area (Å²) >= 11 is 10.4. The van der Waals surface area contributed by atoms with E-state index in [0.717, 1.165) is 0 Å². The van der Waals surface area contributed by atoms with Gasteiger partial charge in [0.2, 0.25) is 0 Å². The molecule has 26 heavy (non-hydrogen) atoms. The lowest BCUT2D eigenvalue weighted by Crippen LogP contribution is -1.99. The molecule has 0 aliphatic carbocycles. The molecule has 0 amide bonds. The van der Waals surface area contributed by atoms with Crippen molar-refractivity contribution in [2.24, 2.45) is 0 Å². The molecule has 0 unspecified atom stereocenters. The number of hydrogen-bond donors (Lipinski definition) is 2. The molecule has 0 saturated carbocycles. The van der Waals surface area contributed by atoms with Gasteiger partial charge in [-0.1, -0.05) is 48.5 Å². The Morgan fingerprint density at radius 3 is 1.00 bits per heavy atom. The van der Waals surface area contributed by atoms with Gasteiger partial charge in [0, 0.05) is 11.1 Å². The highest BCUT2D eigenvalue weighted by molar-refractivity contribution is 6.71. The molecule has 2 N–H and O–H groups in total. The number of para-hydroxylation sites is 2. The Morgan fingerprint density at radius 1 is 0.538 bits per heavy atom. The Labute approximate surface area is 161 Å². The normalized spacial score (nSPS) is 9.00. The molecular weight excluding hydrogens is 375 g/mol. The van der Waals surface area contributed by atoms with Crippen molar-refractivity contribution in [1.82, 2.24) is 0 Å². The van der Waals surface area contributed by atoms with Crippen molar-refractivity contribution in [3.8, 4) is 11.5 Å². The van der Waals surface area contributed by atoms with E-state index < -0.39 is 10.5 Å². The van der Waals surface area contributed by atoms with Gasteiger partial charge in [0.25, 0.3) is 10.5 Å². The van der Waals surface area contributed by atoms with E-state index in [4.69, 9.17) is 33.4 Å². The summed E-state index contributed by atoms with van der Waals surface area (Å²) in [5.74, 6) is 0.644. The zero-order valence-electron chi connectivity index (χ0n) is 13.5. The molecule has 0 aromatic heterocycles. The maximum absolute atomic E-state index is 10.7. The van der Waals surface area contributed by atoms with Crippen LogP contribution in [-0.2, 0) is 0 Å². The van der Waals surface area contributed by atoms with Crippen molar-refractivity contribution in [2.45, 2.75) is 0 Å². The zero-order valence-corrected chi connectivity index (χ0v) is 15.1. The molecule has 0 spiro atoms. The van der Waals surface area contributed by atoms with Gasteiger partial charge in [0.1, 0.15) is 11.5 Å². The van der Waals surface area contributed by atoms with Crippen LogP contribution in [0.15, 0.2) is 84.9 Å². The van der Waals surface area contributed by atoms with Crippen LogP contribution in [0.4, 0.5) is 0 Å². The second kappa shape index (κ2) is 11.7. The van der Waals surface area contributed by atoms with Crippen LogP contribution >= 0.6 is 23.2 Å². The van der Waals surface area contributed by atoms with Crippen LogP contribution in [-0.4, -0.2) is 20.7 Å². The number of hydrogen-bond acceptors (Lipinski definition) is 4. The van der Waals surface area contributed by atoms with E-state index in [1.54, 1.807) is 60.7 Å². The molecule has 4 nitrogen and oxygen atoms in total. The summed E-state index contributed by atoms with van der Waals surface area (Å²) in [4.78, 5) is 21.5. The summed E-state index contributed by atoms with van der Waals surface area (Å²) in [6.07, 6.45) is 0. The minimum atomic E-state index is -0.681. The monoisotopic (exact) mass is 390 g/mol. The van der Waals surface area contributed by atoms with E-state index in [2.05, 4.69) is 0 Å². The van der Waals surface area contributed by atoms with Gasteiger partial charge in [-0.25, -0.2) is 0 Å². The van der Waals surface area contributed by atoms with Gasteiger partial charge in [-0.05, 0) is 59.6 Å². The highest BCUT2D eigenvalue weighted by Gasteiger charge is 2.12. The highest BCUT2D eigenvalue weighted by Crippen LogP contribution is 2.13. The smallest absolute Gasteiger partial charge is 0.253 e. The second-order valence-corrected chi connectivity index (χ2v) is 5.45. The standard InChI is InChI=1S/C8H4Cl2O2.2C6H6O/c9-7(11)5-3-1-2-4-6(5)8(10)12;2*7-6-4-2-1-3-5-6/h1-4H;2*1-5,7H. The summed E-state index contributed by atoms with van der Waals surface area (Å²) in [7, 11) is 0. The fourth-order valence-corrected chi connectivity index (χ4v) is 2.01. The van der Waals surface area contributed by atoms with E-state index in [0.29, 0.717) is 11.5 Å². The van der Waals surface area contributed by atoms with E-state index >= 15 is 0 Å². The number of carbonyl (C=O) groups is 2. The highest BCUT2D eigenvalue weighted by atomic mass is 35.5. The summed E-state index contributed by atoms with van der Waals surface area (Å²) in [5.41, 5.74) is 0.276. The van der Waals surface area contributed by atoms with Gasteiger partial charge in [-0.3, -0.25) is 9.59 Å². The lowest BCUT2D eigenvalue weighted by atomic mass is 10.1. The average molecular weight is 391 g/mol. The van der Waals surface area contributed by atoms with Gasteiger partial charge < -0.3 is 10.2 Å². The predicted molar refractivity (Wildman–Crippen MR) is 103 cm³/mol.